The van der Waals surface area contributed by atoms with Gasteiger partial charge in [-0.3, -0.25) is 14.5 Å². The van der Waals surface area contributed by atoms with Crippen molar-refractivity contribution >= 4 is 28.9 Å². The van der Waals surface area contributed by atoms with E-state index in [2.05, 4.69) is 20.4 Å². The van der Waals surface area contributed by atoms with E-state index in [4.69, 9.17) is 14.5 Å². The summed E-state index contributed by atoms with van der Waals surface area (Å²) in [4.78, 5) is 75.3. The van der Waals surface area contributed by atoms with Crippen LogP contribution in [0.2, 0.25) is 0 Å². The molecule has 6 aromatic rings. The second kappa shape index (κ2) is 15.6. The van der Waals surface area contributed by atoms with Crippen molar-refractivity contribution < 1.29 is 43.6 Å². The minimum Gasteiger partial charge on any atom is -0.508 e. The predicted molar refractivity (Wildman–Crippen MR) is 242 cm³/mol. The maximum atomic E-state index is 15.4. The zero-order chi connectivity index (χ0) is 47.7. The van der Waals surface area contributed by atoms with Gasteiger partial charge in [-0.25, -0.2) is 33.4 Å². The lowest BCUT2D eigenvalue weighted by Gasteiger charge is -2.61. The molecular weight excluding hydrogens is 880 g/mol. The van der Waals surface area contributed by atoms with Crippen LogP contribution in [0.1, 0.15) is 90.1 Å². The number of aromatic hydroxyl groups is 2. The molecule has 18 nitrogen and oxygen atoms in total. The molecule has 11 rings (SSSR count). The summed E-state index contributed by atoms with van der Waals surface area (Å²) < 4.78 is 29.0. The predicted octanol–water partition coefficient (Wildman–Crippen LogP) is 4.41. The number of hydrogen-bond donors (Lipinski definition) is 5. The number of carbonyl (C=O) groups is 3. The third-order valence-electron chi connectivity index (χ3n) is 14.7. The number of esters is 1. The molecule has 5 N–H and O–H groups in total. The number of phenols is 2. The molecule has 19 heteroatoms. The standard InChI is InChI=1S/C49H47FN8O10/c1-5-49(66)31-13-35-43-29(17-57(35)45(62)30(31)20-67-46(49)63)42-33(11-10-26-23(4)32(50)14-34(51-43)41(26)42)52-48(65)68-21-40(61)56-19-36-37(56)18-55(36)16-24-6-8-25(9-7-24)58-44(53-54-47(58)64)28-12-27(22(2)3)38(59)15-39(28)60/h6-9,12-15,22,33,36-37,59-60,66H,5,10-11,16-21H2,1-4H3,(H,52,65)(H,54,64)/t33-,36?,37?,49-/m0/s1. The van der Waals surface area contributed by atoms with Crippen LogP contribution in [-0.2, 0) is 50.8 Å². The Kier molecular flexibility index (Phi) is 9.91. The van der Waals surface area contributed by atoms with Crippen LogP contribution in [0.5, 0.6) is 11.5 Å². The van der Waals surface area contributed by atoms with Gasteiger partial charge in [-0.2, -0.15) is 5.10 Å². The number of hydrogen-bond acceptors (Lipinski definition) is 13. The van der Waals surface area contributed by atoms with Gasteiger partial charge in [0.1, 0.15) is 23.9 Å². The number of amides is 2. The van der Waals surface area contributed by atoms with Crippen molar-refractivity contribution in [3.05, 3.63) is 120 Å². The Bertz CT molecular complexity index is 3310. The zero-order valence-corrected chi connectivity index (χ0v) is 37.6. The monoisotopic (exact) mass is 926 g/mol. The number of phenolic OH excluding ortho intramolecular Hbond substituents is 2. The van der Waals surface area contributed by atoms with Crippen LogP contribution in [0.3, 0.4) is 0 Å². The number of benzene rings is 3. The summed E-state index contributed by atoms with van der Waals surface area (Å²) in [7, 11) is 0. The number of nitrogens with zero attached hydrogens (tertiary/aromatic N) is 6. The molecule has 1 aliphatic carbocycles. The van der Waals surface area contributed by atoms with Crippen LogP contribution in [-0.4, -0.2) is 99.2 Å². The van der Waals surface area contributed by atoms with Gasteiger partial charge in [-0.05, 0) is 84.2 Å². The smallest absolute Gasteiger partial charge is 0.408 e. The summed E-state index contributed by atoms with van der Waals surface area (Å²) in [6, 6.07) is 12.7. The number of alkyl carbamates (subject to hydrolysis) is 1. The number of fused-ring (bicyclic) bond motifs is 6. The summed E-state index contributed by atoms with van der Waals surface area (Å²) in [6.07, 6.45) is -0.0257. The van der Waals surface area contributed by atoms with Gasteiger partial charge in [-0.15, -0.1) is 0 Å². The van der Waals surface area contributed by atoms with E-state index in [-0.39, 0.29) is 71.9 Å². The molecule has 0 spiro atoms. The molecule has 2 saturated heterocycles. The van der Waals surface area contributed by atoms with Crippen LogP contribution in [0, 0.1) is 12.7 Å². The fraction of sp³-hybridized carbons (Fsp3) is 0.367. The molecule has 3 aromatic heterocycles. The SMILES string of the molecule is CC[C@@]1(O)C(=O)OCc2c1cc1n(c2=O)Cc2c-1nc1cc(F)c(C)c3c1c2[C@@H](NC(=O)OCC(=O)N1CC2C1CN2Cc1ccc(-n2c(-c4cc(C(C)C)c(O)cc4O)n[nH]c2=O)cc1)CC3. The van der Waals surface area contributed by atoms with Crippen molar-refractivity contribution in [1.29, 1.82) is 0 Å². The second-order valence-corrected chi connectivity index (χ2v) is 18.7. The van der Waals surface area contributed by atoms with E-state index in [1.165, 1.54) is 21.3 Å². The zero-order valence-electron chi connectivity index (χ0n) is 37.6. The Balaban J connectivity index is 0.749. The van der Waals surface area contributed by atoms with Crippen LogP contribution in [0.15, 0.2) is 58.1 Å². The minimum absolute atomic E-state index is 0.0253. The largest absolute Gasteiger partial charge is 0.508 e. The summed E-state index contributed by atoms with van der Waals surface area (Å²) in [5, 5.41) is 42.6. The molecule has 2 amide bonds. The Morgan fingerprint density at radius 3 is 2.53 bits per heavy atom. The normalized spacial score (nSPS) is 21.1. The van der Waals surface area contributed by atoms with E-state index in [0.717, 1.165) is 11.1 Å². The van der Waals surface area contributed by atoms with E-state index in [0.29, 0.717) is 88.3 Å². The summed E-state index contributed by atoms with van der Waals surface area (Å²) in [5.74, 6) is -1.71. The van der Waals surface area contributed by atoms with Crippen LogP contribution in [0.25, 0.3) is 39.4 Å². The van der Waals surface area contributed by atoms with Crippen molar-refractivity contribution in [3.8, 4) is 40.0 Å². The molecular formula is C49H47FN8O10. The van der Waals surface area contributed by atoms with Crippen molar-refractivity contribution in [2.75, 3.05) is 19.7 Å². The Hall–Kier alpha value is -7.38. The summed E-state index contributed by atoms with van der Waals surface area (Å²) in [5.41, 5.74) is 3.38. The summed E-state index contributed by atoms with van der Waals surface area (Å²) >= 11 is 0. The molecule has 7 heterocycles. The first-order chi connectivity index (χ1) is 32.6. The second-order valence-electron chi connectivity index (χ2n) is 18.7. The third kappa shape index (κ3) is 6.46. The van der Waals surface area contributed by atoms with Gasteiger partial charge in [0.25, 0.3) is 11.5 Å². The molecule has 2 fully saturated rings. The molecule has 350 valence electrons. The highest BCUT2D eigenvalue weighted by molar-refractivity contribution is 5.94. The molecule has 5 aliphatic rings. The van der Waals surface area contributed by atoms with E-state index < -0.39 is 47.4 Å². The Labute approximate surface area is 386 Å². The number of likely N-dealkylation sites (tertiary alicyclic amines) is 2. The number of nitrogens with one attached hydrogen (secondary N) is 2. The lowest BCUT2D eigenvalue weighted by atomic mass is 9.81. The van der Waals surface area contributed by atoms with Gasteiger partial charge < -0.3 is 39.6 Å². The summed E-state index contributed by atoms with van der Waals surface area (Å²) in [6.45, 7) is 8.14. The van der Waals surface area contributed by atoms with Gasteiger partial charge in [0.15, 0.2) is 18.0 Å². The molecule has 2 unspecified atom stereocenters. The van der Waals surface area contributed by atoms with Crippen LogP contribution >= 0.6 is 0 Å². The number of H-pyrrole nitrogens is 1. The average Bonchev–Trinajstić information content (AvgIpc) is 3.88. The highest BCUT2D eigenvalue weighted by Crippen LogP contribution is 2.46. The number of cyclic esters (lactones) is 1. The molecule has 0 bridgehead atoms. The molecule has 3 aromatic carbocycles. The maximum Gasteiger partial charge on any atom is 0.408 e. The topological polar surface area (TPSA) is 234 Å². The number of rotatable bonds is 9. The van der Waals surface area contributed by atoms with Crippen LogP contribution < -0.4 is 16.6 Å². The van der Waals surface area contributed by atoms with Crippen molar-refractivity contribution in [3.63, 3.8) is 0 Å². The lowest BCUT2D eigenvalue weighted by Crippen LogP contribution is -2.79. The van der Waals surface area contributed by atoms with Crippen LogP contribution in [0.4, 0.5) is 9.18 Å². The third-order valence-corrected chi connectivity index (χ3v) is 14.7. The van der Waals surface area contributed by atoms with E-state index in [9.17, 15) is 39.3 Å². The number of aromatic nitrogens is 5. The van der Waals surface area contributed by atoms with Crippen molar-refractivity contribution in [2.45, 2.75) is 96.3 Å². The number of aliphatic hydroxyl groups is 1. The van der Waals surface area contributed by atoms with Gasteiger partial charge in [0, 0.05) is 54.3 Å². The van der Waals surface area contributed by atoms with E-state index in [1.54, 1.807) is 43.0 Å². The first-order valence-electron chi connectivity index (χ1n) is 22.7. The number of piperazine rings is 1. The molecule has 0 radical (unpaired) electrons. The van der Waals surface area contributed by atoms with Gasteiger partial charge in [0.05, 0.1) is 52.3 Å². The van der Waals surface area contributed by atoms with Gasteiger partial charge in [0.2, 0.25) is 0 Å². The van der Waals surface area contributed by atoms with E-state index in [1.807, 2.05) is 26.0 Å². The number of ether oxygens (including phenoxy) is 2. The number of halogens is 1. The highest BCUT2D eigenvalue weighted by atomic mass is 19.1. The Morgan fingerprint density at radius 1 is 1.03 bits per heavy atom. The van der Waals surface area contributed by atoms with E-state index >= 15 is 4.39 Å². The molecule has 68 heavy (non-hydrogen) atoms. The fourth-order valence-corrected chi connectivity index (χ4v) is 10.8. The quantitative estimate of drug-likeness (QED) is 0.126. The van der Waals surface area contributed by atoms with Crippen molar-refractivity contribution in [1.82, 2.24) is 39.4 Å². The first-order valence-corrected chi connectivity index (χ1v) is 22.7. The first kappa shape index (κ1) is 43.2. The molecule has 0 saturated carbocycles. The Morgan fingerprint density at radius 2 is 1.81 bits per heavy atom. The number of carbonyl (C=O) groups excluding carboxylic acids is 3. The highest BCUT2D eigenvalue weighted by Gasteiger charge is 2.53. The minimum atomic E-state index is -2.03. The van der Waals surface area contributed by atoms with Crippen molar-refractivity contribution in [2.24, 2.45) is 0 Å². The lowest BCUT2D eigenvalue weighted by molar-refractivity contribution is -0.172. The van der Waals surface area contributed by atoms with Gasteiger partial charge >= 0.3 is 17.8 Å². The maximum absolute atomic E-state index is 15.4. The number of aromatic amines is 1. The fourth-order valence-electron chi connectivity index (χ4n) is 10.8. The number of pyridine rings is 2. The number of aryl methyl sites for hydroxylation is 1. The molecule has 4 atom stereocenters. The molecule has 4 aliphatic heterocycles. The average molecular weight is 927 g/mol. The van der Waals surface area contributed by atoms with Gasteiger partial charge in [-0.1, -0.05) is 32.9 Å².